The Morgan fingerprint density at radius 3 is 0.944 bits per heavy atom. The summed E-state index contributed by atoms with van der Waals surface area (Å²) in [7, 11) is 0. The van der Waals surface area contributed by atoms with E-state index in [9.17, 15) is 0 Å². The van der Waals surface area contributed by atoms with Crippen molar-refractivity contribution >= 4 is 32.6 Å². The molecule has 0 unspecified atom stereocenters. The zero-order valence-electron chi connectivity index (χ0n) is 49.8. The first-order valence-electron chi connectivity index (χ1n) is 31.6. The molecule has 424 valence electrons. The molecule has 22 bridgehead atoms. The first-order valence-corrected chi connectivity index (χ1v) is 31.6. The van der Waals surface area contributed by atoms with Gasteiger partial charge in [0.15, 0.2) is 0 Å². The van der Waals surface area contributed by atoms with Gasteiger partial charge in [0.2, 0.25) is 0 Å². The van der Waals surface area contributed by atoms with E-state index in [1.165, 1.54) is 105 Å². The Balaban J connectivity index is 0.729. The standard InChI is InChI=1S/C87H61N3/c1-2-9-79-55-88-85(54-77(79)8-1)78-19-7-16-74(50-78)60-28-30-63(31-29-60)80-51-81-53-82(52-80)76-18-6-15-73(49-76)59-26-22-57(23-27-59)69-11-4-13-71(47-69)62-34-38-65(39-35-62)84-45-43-67-41-40-66-42-44-83(89-86(66)87(67)90-84)64-36-32-61(33-37-64)70-12-3-10-68(46-70)56-20-24-58(25-21-56)72-14-5-17-75(81)48-72/h1-27,32-55,60,63H,28-31H2. The van der Waals surface area contributed by atoms with Crippen molar-refractivity contribution in [2.75, 3.05) is 0 Å². The van der Waals surface area contributed by atoms with Crippen LogP contribution in [0, 0.1) is 0 Å². The Morgan fingerprint density at radius 2 is 0.522 bits per heavy atom. The summed E-state index contributed by atoms with van der Waals surface area (Å²) in [6.07, 6.45) is 6.56. The van der Waals surface area contributed by atoms with Crippen LogP contribution in [0.1, 0.15) is 48.6 Å². The van der Waals surface area contributed by atoms with Gasteiger partial charge in [-0.3, -0.25) is 4.98 Å². The molecule has 90 heavy (non-hydrogen) atoms. The van der Waals surface area contributed by atoms with Gasteiger partial charge in [-0.25, -0.2) is 9.97 Å². The first kappa shape index (κ1) is 53.1. The number of benzene rings is 12. The van der Waals surface area contributed by atoms with Crippen LogP contribution in [0.3, 0.4) is 0 Å². The van der Waals surface area contributed by atoms with Gasteiger partial charge >= 0.3 is 0 Å². The van der Waals surface area contributed by atoms with E-state index in [0.717, 1.165) is 86.8 Å². The van der Waals surface area contributed by atoms with Crippen molar-refractivity contribution in [1.29, 1.82) is 0 Å². The van der Waals surface area contributed by atoms with Crippen molar-refractivity contribution in [3.05, 3.63) is 321 Å². The molecule has 0 amide bonds. The van der Waals surface area contributed by atoms with Gasteiger partial charge in [-0.1, -0.05) is 249 Å². The van der Waals surface area contributed by atoms with E-state index < -0.39 is 0 Å². The summed E-state index contributed by atoms with van der Waals surface area (Å²) in [6.45, 7) is 0. The molecule has 3 nitrogen and oxygen atoms in total. The summed E-state index contributed by atoms with van der Waals surface area (Å²) in [5.74, 6) is 0.950. The first-order chi connectivity index (χ1) is 44.5. The summed E-state index contributed by atoms with van der Waals surface area (Å²) >= 11 is 0. The van der Waals surface area contributed by atoms with E-state index in [0.29, 0.717) is 11.8 Å². The van der Waals surface area contributed by atoms with Crippen LogP contribution >= 0.6 is 0 Å². The molecule has 7 aliphatic heterocycles. The highest BCUT2D eigenvalue weighted by Crippen LogP contribution is 2.45. The number of hydrogen-bond donors (Lipinski definition) is 0. The molecule has 10 heterocycles. The van der Waals surface area contributed by atoms with E-state index >= 15 is 0 Å². The lowest BCUT2D eigenvalue weighted by Crippen LogP contribution is -2.12. The van der Waals surface area contributed by atoms with E-state index in [1.54, 1.807) is 0 Å². The molecule has 12 aromatic carbocycles. The van der Waals surface area contributed by atoms with E-state index in [4.69, 9.17) is 15.0 Å². The fraction of sp³-hybridized carbons (Fsp3) is 0.0690. The highest BCUT2D eigenvalue weighted by atomic mass is 14.8. The molecule has 0 saturated heterocycles. The molecule has 1 aliphatic carbocycles. The van der Waals surface area contributed by atoms with Gasteiger partial charge in [0.05, 0.1) is 28.1 Å². The summed E-state index contributed by atoms with van der Waals surface area (Å²) < 4.78 is 0. The van der Waals surface area contributed by atoms with Crippen molar-refractivity contribution in [3.63, 3.8) is 0 Å². The third kappa shape index (κ3) is 10.2. The van der Waals surface area contributed by atoms with Crippen molar-refractivity contribution < 1.29 is 0 Å². The third-order valence-electron chi connectivity index (χ3n) is 19.2. The maximum atomic E-state index is 5.30. The van der Waals surface area contributed by atoms with Crippen LogP contribution < -0.4 is 0 Å². The lowest BCUT2D eigenvalue weighted by Gasteiger charge is -2.30. The van der Waals surface area contributed by atoms with Gasteiger partial charge in [0.1, 0.15) is 0 Å². The molecule has 0 spiro atoms. The topological polar surface area (TPSA) is 38.7 Å². The SMILES string of the molecule is c1cc2cc(c1)-c1ccc(cc1)-c1ccc3ccc4ccc(nc4c3n1)-c1ccc(cc1)-c1cccc(c1)-c1ccc(cc1)-c1cccc(c1)-c1cc(cc(C3CCC(c4cccc(-c5cc6ccccc6cn5)c4)CC3)c1)-c1cccc(c1)-c1ccc-2cc1. The Kier molecular flexibility index (Phi) is 13.3. The quantitative estimate of drug-likeness (QED) is 0.166. The monoisotopic (exact) mass is 1150 g/mol. The van der Waals surface area contributed by atoms with E-state index in [2.05, 4.69) is 303 Å². The van der Waals surface area contributed by atoms with Crippen LogP contribution in [0.25, 0.3) is 155 Å². The van der Waals surface area contributed by atoms with Crippen molar-refractivity contribution in [2.45, 2.75) is 37.5 Å². The Bertz CT molecular complexity index is 4970. The molecule has 0 radical (unpaired) electrons. The minimum atomic E-state index is 0.445. The van der Waals surface area contributed by atoms with Gasteiger partial charge in [-0.15, -0.1) is 0 Å². The molecule has 3 aromatic heterocycles. The summed E-state index contributed by atoms with van der Waals surface area (Å²) in [4.78, 5) is 15.5. The predicted octanol–water partition coefficient (Wildman–Crippen LogP) is 23.4. The van der Waals surface area contributed by atoms with Gasteiger partial charge < -0.3 is 0 Å². The normalized spacial score (nSPS) is 14.3. The molecule has 3 heteroatoms. The van der Waals surface area contributed by atoms with Crippen LogP contribution in [0.4, 0.5) is 0 Å². The number of fused-ring (bicyclic) bond motifs is 1. The molecule has 1 saturated carbocycles. The molecular weight excluding hydrogens is 1090 g/mol. The lowest BCUT2D eigenvalue weighted by molar-refractivity contribution is 0.396. The van der Waals surface area contributed by atoms with Crippen LogP contribution in [0.5, 0.6) is 0 Å². The minimum absolute atomic E-state index is 0.445. The number of aromatic nitrogens is 3. The van der Waals surface area contributed by atoms with Crippen LogP contribution in [-0.4, -0.2) is 15.0 Å². The van der Waals surface area contributed by atoms with Crippen molar-refractivity contribution in [1.82, 2.24) is 15.0 Å². The minimum Gasteiger partial charge on any atom is -0.256 e. The summed E-state index contributed by atoms with van der Waals surface area (Å²) in [5.41, 5.74) is 30.0. The fourth-order valence-electron chi connectivity index (χ4n) is 14.2. The lowest BCUT2D eigenvalue weighted by atomic mass is 9.75. The highest BCUT2D eigenvalue weighted by Gasteiger charge is 2.25. The predicted molar refractivity (Wildman–Crippen MR) is 376 cm³/mol. The van der Waals surface area contributed by atoms with Gasteiger partial charge in [-0.2, -0.15) is 0 Å². The van der Waals surface area contributed by atoms with Crippen molar-refractivity contribution in [3.8, 4) is 123 Å². The number of nitrogens with zero attached hydrogens (tertiary/aromatic N) is 3. The Morgan fingerprint density at radius 1 is 0.200 bits per heavy atom. The maximum absolute atomic E-state index is 5.30. The average molecular weight is 1150 g/mol. The maximum Gasteiger partial charge on any atom is 0.0972 e. The van der Waals surface area contributed by atoms with Crippen LogP contribution in [-0.2, 0) is 0 Å². The second-order valence-corrected chi connectivity index (χ2v) is 24.7. The van der Waals surface area contributed by atoms with E-state index in [1.807, 2.05) is 6.20 Å². The Hall–Kier alpha value is -11.1. The van der Waals surface area contributed by atoms with Gasteiger partial charge in [0.25, 0.3) is 0 Å². The molecule has 15 aromatic rings. The molecule has 8 aliphatic rings. The van der Waals surface area contributed by atoms with Crippen LogP contribution in [0.15, 0.2) is 310 Å². The van der Waals surface area contributed by atoms with Crippen LogP contribution in [0.2, 0.25) is 0 Å². The number of hydrogen-bond acceptors (Lipinski definition) is 3. The van der Waals surface area contributed by atoms with Gasteiger partial charge in [0, 0.05) is 39.0 Å². The largest absolute Gasteiger partial charge is 0.256 e. The molecule has 0 N–H and O–H groups in total. The third-order valence-corrected chi connectivity index (χ3v) is 19.2. The molecular formula is C87H61N3. The summed E-state index contributed by atoms with van der Waals surface area (Å²) in [6, 6.07) is 112. The number of rotatable bonds is 3. The number of pyridine rings is 3. The second-order valence-electron chi connectivity index (χ2n) is 24.7. The fourth-order valence-corrected chi connectivity index (χ4v) is 14.2. The smallest absolute Gasteiger partial charge is 0.0972 e. The van der Waals surface area contributed by atoms with E-state index in [-0.39, 0.29) is 0 Å². The average Bonchev–Trinajstić information content (AvgIpc) is 1.51. The summed E-state index contributed by atoms with van der Waals surface area (Å²) in [5, 5.41) is 4.53. The second kappa shape index (κ2) is 22.5. The van der Waals surface area contributed by atoms with Gasteiger partial charge in [-0.05, 0) is 198 Å². The molecule has 23 rings (SSSR count). The molecule has 1 fully saturated rings. The van der Waals surface area contributed by atoms with Crippen molar-refractivity contribution in [2.24, 2.45) is 0 Å². The zero-order valence-corrected chi connectivity index (χ0v) is 49.8. The zero-order chi connectivity index (χ0) is 59.5. The highest BCUT2D eigenvalue weighted by molar-refractivity contribution is 6.04. The Labute approximate surface area is 525 Å². The molecule has 0 atom stereocenters.